The van der Waals surface area contributed by atoms with E-state index in [2.05, 4.69) is 64.5 Å². The van der Waals surface area contributed by atoms with Crippen molar-refractivity contribution in [3.63, 3.8) is 0 Å². The van der Waals surface area contributed by atoms with Gasteiger partial charge in [0.05, 0.1) is 12.6 Å². The van der Waals surface area contributed by atoms with Crippen molar-refractivity contribution >= 4 is 17.7 Å². The number of rotatable bonds is 8. The van der Waals surface area contributed by atoms with Crippen LogP contribution in [0.5, 0.6) is 0 Å². The van der Waals surface area contributed by atoms with Crippen molar-refractivity contribution in [1.29, 1.82) is 0 Å². The van der Waals surface area contributed by atoms with Gasteiger partial charge in [-0.05, 0) is 32.4 Å². The molecule has 1 fully saturated rings. The molecule has 1 heterocycles. The largest absolute Gasteiger partial charge is 0.501 e. The summed E-state index contributed by atoms with van der Waals surface area (Å²) < 4.78 is 5.24. The third-order valence-corrected chi connectivity index (χ3v) is 5.57. The lowest BCUT2D eigenvalue weighted by Crippen LogP contribution is -2.35. The fourth-order valence-corrected chi connectivity index (χ4v) is 4.08. The summed E-state index contributed by atoms with van der Waals surface area (Å²) in [5.41, 5.74) is 4.50. The summed E-state index contributed by atoms with van der Waals surface area (Å²) in [6.45, 7) is 7.47. The summed E-state index contributed by atoms with van der Waals surface area (Å²) in [7, 11) is 3.69. The Bertz CT molecular complexity index is 645. The second kappa shape index (κ2) is 12.7. The number of hydrogen-bond donors (Lipinski definition) is 1. The maximum atomic E-state index is 5.24. The first-order chi connectivity index (χ1) is 13.7. The summed E-state index contributed by atoms with van der Waals surface area (Å²) in [4.78, 5) is 4.79. The Kier molecular flexibility index (Phi) is 10.3. The molecule has 0 bridgehead atoms. The fraction of sp³-hybridized carbons (Fsp3) is 0.522. The first kappa shape index (κ1) is 22.6. The quantitative estimate of drug-likeness (QED) is 0.665. The van der Waals surface area contributed by atoms with Gasteiger partial charge in [0.1, 0.15) is 5.76 Å². The Morgan fingerprint density at radius 1 is 1.32 bits per heavy atom. The minimum Gasteiger partial charge on any atom is -0.501 e. The van der Waals surface area contributed by atoms with Crippen molar-refractivity contribution < 1.29 is 4.74 Å². The Morgan fingerprint density at radius 2 is 2.11 bits per heavy atom. The van der Waals surface area contributed by atoms with Gasteiger partial charge in [0.25, 0.3) is 0 Å². The number of ether oxygens (including phenoxy) is 1. The number of allylic oxidation sites excluding steroid dienone is 2. The Morgan fingerprint density at radius 3 is 2.75 bits per heavy atom. The average molecular weight is 402 g/mol. The summed E-state index contributed by atoms with van der Waals surface area (Å²) in [6, 6.07) is 11.3. The molecular formula is C23H35N3OS. The molecule has 1 aromatic carbocycles. The molecule has 1 atom stereocenters. The van der Waals surface area contributed by atoms with E-state index in [-0.39, 0.29) is 0 Å². The Hall–Kier alpha value is -1.69. The van der Waals surface area contributed by atoms with Crippen LogP contribution in [0.1, 0.15) is 31.7 Å². The van der Waals surface area contributed by atoms with E-state index in [0.717, 1.165) is 44.8 Å². The molecule has 154 valence electrons. The molecule has 4 nitrogen and oxygen atoms in total. The second-order valence-electron chi connectivity index (χ2n) is 7.22. The van der Waals surface area contributed by atoms with E-state index in [0.29, 0.717) is 6.04 Å². The lowest BCUT2D eigenvalue weighted by molar-refractivity contribution is 0.271. The van der Waals surface area contributed by atoms with Gasteiger partial charge in [-0.1, -0.05) is 54.7 Å². The van der Waals surface area contributed by atoms with Gasteiger partial charge in [-0.15, -0.1) is 0 Å². The monoisotopic (exact) mass is 401 g/mol. The molecule has 1 aliphatic heterocycles. The fourth-order valence-electron chi connectivity index (χ4n) is 3.76. The highest BCUT2D eigenvalue weighted by atomic mass is 32.1. The molecule has 0 saturated carbocycles. The molecule has 5 heteroatoms. The third-order valence-electron chi connectivity index (χ3n) is 5.29. The predicted octanol–water partition coefficient (Wildman–Crippen LogP) is 4.00. The molecule has 1 aliphatic carbocycles. The van der Waals surface area contributed by atoms with E-state index in [9.17, 15) is 0 Å². The van der Waals surface area contributed by atoms with Crippen LogP contribution in [0.3, 0.4) is 0 Å². The average Bonchev–Trinajstić information content (AvgIpc) is 3.19. The van der Waals surface area contributed by atoms with Crippen molar-refractivity contribution in [1.82, 2.24) is 15.1 Å². The number of likely N-dealkylation sites (N-methyl/N-ethyl adjacent to an activating group) is 2. The third kappa shape index (κ3) is 7.04. The molecule has 1 saturated heterocycles. The van der Waals surface area contributed by atoms with Crippen LogP contribution in [0.25, 0.3) is 0 Å². The van der Waals surface area contributed by atoms with Crippen LogP contribution >= 0.6 is 12.2 Å². The molecule has 0 aromatic heterocycles. The smallest absolute Gasteiger partial charge is 0.100 e. The molecule has 3 rings (SSSR count). The molecule has 0 spiro atoms. The molecule has 0 radical (unpaired) electrons. The van der Waals surface area contributed by atoms with Crippen LogP contribution in [-0.4, -0.2) is 61.7 Å². The standard InChI is InChI=1S/C14H20N2S.C9H15NO/c1-2-16(12-17)14-8-9-15(11-14)10-13-6-4-3-5-7-13;1-10-7-8-5-3-4-6-9(8)11-2/h3-7,12,14H,2,8-11H2,1H3;3,5,10H,4,6-7H2,1-2H3. The number of hydrogen-bond acceptors (Lipinski definition) is 4. The van der Waals surface area contributed by atoms with Gasteiger partial charge >= 0.3 is 0 Å². The number of nitrogens with one attached hydrogen (secondary N) is 1. The second-order valence-corrected chi connectivity index (χ2v) is 7.43. The topological polar surface area (TPSA) is 27.7 Å². The van der Waals surface area contributed by atoms with Gasteiger partial charge in [0.15, 0.2) is 0 Å². The van der Waals surface area contributed by atoms with Crippen molar-refractivity contribution in [3.8, 4) is 0 Å². The highest BCUT2D eigenvalue weighted by Gasteiger charge is 2.25. The maximum absolute atomic E-state index is 5.24. The summed E-state index contributed by atoms with van der Waals surface area (Å²) >= 11 is 5.06. The van der Waals surface area contributed by atoms with Crippen LogP contribution in [0.15, 0.2) is 53.8 Å². The Balaban J connectivity index is 0.000000221. The SMILES string of the molecule is CCN(C=S)C1CCN(Cc2ccccc2)C1.CNCC1=C(OC)CCC=C1. The van der Waals surface area contributed by atoms with Gasteiger partial charge in [-0.25, -0.2) is 0 Å². The summed E-state index contributed by atoms with van der Waals surface area (Å²) in [5.74, 6) is 1.13. The number of nitrogens with zero attached hydrogens (tertiary/aromatic N) is 2. The van der Waals surface area contributed by atoms with E-state index < -0.39 is 0 Å². The zero-order valence-corrected chi connectivity index (χ0v) is 18.4. The zero-order valence-electron chi connectivity index (χ0n) is 17.6. The van der Waals surface area contributed by atoms with Crippen molar-refractivity contribution in [2.45, 2.75) is 38.8 Å². The summed E-state index contributed by atoms with van der Waals surface area (Å²) in [6.07, 6.45) is 7.71. The minimum atomic E-state index is 0.612. The molecule has 28 heavy (non-hydrogen) atoms. The van der Waals surface area contributed by atoms with Crippen LogP contribution in [-0.2, 0) is 11.3 Å². The van der Waals surface area contributed by atoms with E-state index in [1.165, 1.54) is 24.1 Å². The minimum absolute atomic E-state index is 0.612. The predicted molar refractivity (Wildman–Crippen MR) is 122 cm³/mol. The first-order valence-corrected chi connectivity index (χ1v) is 10.7. The van der Waals surface area contributed by atoms with Gasteiger partial charge in [0, 0.05) is 50.8 Å². The van der Waals surface area contributed by atoms with Gasteiger partial charge in [-0.2, -0.15) is 0 Å². The van der Waals surface area contributed by atoms with Gasteiger partial charge < -0.3 is 15.0 Å². The zero-order chi connectivity index (χ0) is 20.2. The van der Waals surface area contributed by atoms with Crippen LogP contribution in [0.4, 0.5) is 0 Å². The van der Waals surface area contributed by atoms with Gasteiger partial charge in [-0.3, -0.25) is 4.90 Å². The highest BCUT2D eigenvalue weighted by Crippen LogP contribution is 2.18. The van der Waals surface area contributed by atoms with Crippen LogP contribution in [0, 0.1) is 0 Å². The van der Waals surface area contributed by atoms with Gasteiger partial charge in [0.2, 0.25) is 0 Å². The van der Waals surface area contributed by atoms with Crippen molar-refractivity contribution in [3.05, 3.63) is 59.4 Å². The van der Waals surface area contributed by atoms with Crippen molar-refractivity contribution in [2.24, 2.45) is 0 Å². The molecule has 1 N–H and O–H groups in total. The summed E-state index contributed by atoms with van der Waals surface area (Å²) in [5, 5.41) is 3.11. The Labute approximate surface area is 176 Å². The highest BCUT2D eigenvalue weighted by molar-refractivity contribution is 7.78. The number of thiocarbonyl (C=S) groups is 1. The lowest BCUT2D eigenvalue weighted by Gasteiger charge is -2.25. The molecular weight excluding hydrogens is 366 g/mol. The number of likely N-dealkylation sites (tertiary alicyclic amines) is 1. The lowest BCUT2D eigenvalue weighted by atomic mass is 10.1. The molecule has 0 amide bonds. The van der Waals surface area contributed by atoms with E-state index >= 15 is 0 Å². The van der Waals surface area contributed by atoms with E-state index in [1.807, 2.05) is 12.5 Å². The van der Waals surface area contributed by atoms with E-state index in [4.69, 9.17) is 17.0 Å². The molecule has 1 unspecified atom stereocenters. The van der Waals surface area contributed by atoms with Crippen LogP contribution in [0.2, 0.25) is 0 Å². The number of methoxy groups -OCH3 is 1. The maximum Gasteiger partial charge on any atom is 0.100 e. The normalized spacial score (nSPS) is 19.2. The van der Waals surface area contributed by atoms with E-state index in [1.54, 1.807) is 7.11 Å². The van der Waals surface area contributed by atoms with Crippen molar-refractivity contribution in [2.75, 3.05) is 40.3 Å². The number of benzene rings is 1. The molecule has 1 aromatic rings. The first-order valence-electron chi connectivity index (χ1n) is 10.3. The molecule has 2 aliphatic rings. The van der Waals surface area contributed by atoms with Crippen LogP contribution < -0.4 is 5.32 Å².